The summed E-state index contributed by atoms with van der Waals surface area (Å²) in [5, 5.41) is 9.27. The summed E-state index contributed by atoms with van der Waals surface area (Å²) in [5.74, 6) is 1.77. The predicted molar refractivity (Wildman–Crippen MR) is 246 cm³/mol. The minimum Gasteiger partial charge on any atom is -0.472 e. The van der Waals surface area contributed by atoms with Gasteiger partial charge >= 0.3 is 0 Å². The molecule has 5 nitrogen and oxygen atoms in total. The molecule has 9 aromatic carbocycles. The van der Waals surface area contributed by atoms with Crippen LogP contribution in [0.2, 0.25) is 0 Å². The highest BCUT2D eigenvalue weighted by atomic mass is 16.3. The Balaban J connectivity index is 1.20. The highest BCUT2D eigenvalue weighted by molar-refractivity contribution is 6.30. The maximum absolute atomic E-state index is 5.51. The molecule has 0 bridgehead atoms. The molecule has 280 valence electrons. The largest absolute Gasteiger partial charge is 0.472 e. The van der Waals surface area contributed by atoms with E-state index in [0.717, 1.165) is 60.3 Å². The lowest BCUT2D eigenvalue weighted by Crippen LogP contribution is -2.01. The molecule has 12 aromatic rings. The number of aromatic nitrogens is 4. The summed E-state index contributed by atoms with van der Waals surface area (Å²) in [4.78, 5) is 15.3. The Bertz CT molecular complexity index is 3480. The van der Waals surface area contributed by atoms with Gasteiger partial charge in [-0.3, -0.25) is 0 Å². The Hall–Kier alpha value is -8.15. The summed E-state index contributed by atoms with van der Waals surface area (Å²) < 4.78 is 7.99. The molecule has 5 heteroatoms. The van der Waals surface area contributed by atoms with Crippen molar-refractivity contribution in [2.24, 2.45) is 0 Å². The van der Waals surface area contributed by atoms with Crippen LogP contribution >= 0.6 is 0 Å². The van der Waals surface area contributed by atoms with Crippen LogP contribution in [-0.4, -0.2) is 19.5 Å². The van der Waals surface area contributed by atoms with Gasteiger partial charge in [-0.1, -0.05) is 170 Å². The van der Waals surface area contributed by atoms with Gasteiger partial charge in [0.1, 0.15) is 6.26 Å². The van der Waals surface area contributed by atoms with Gasteiger partial charge in [0.2, 0.25) is 0 Å². The number of rotatable bonds is 6. The Morgan fingerprint density at radius 2 is 0.850 bits per heavy atom. The molecule has 12 rings (SSSR count). The van der Waals surface area contributed by atoms with Gasteiger partial charge in [-0.2, -0.15) is 0 Å². The quantitative estimate of drug-likeness (QED) is 0.158. The number of nitrogens with zero attached hydrogens (tertiary/aromatic N) is 4. The number of fused-ring (bicyclic) bond motifs is 9. The molecule has 0 atom stereocenters. The lowest BCUT2D eigenvalue weighted by Gasteiger charge is -2.18. The van der Waals surface area contributed by atoms with Gasteiger partial charge in [-0.05, 0) is 68.1 Å². The first-order valence-electron chi connectivity index (χ1n) is 20.2. The first kappa shape index (κ1) is 33.9. The van der Waals surface area contributed by atoms with Gasteiger partial charge in [0.15, 0.2) is 17.5 Å². The minimum atomic E-state index is 0.559. The lowest BCUT2D eigenvalue weighted by atomic mass is 9.90. The van der Waals surface area contributed by atoms with E-state index in [4.69, 9.17) is 19.4 Å². The monoisotopic (exact) mass is 766 g/mol. The van der Waals surface area contributed by atoms with E-state index in [1.807, 2.05) is 36.4 Å². The molecule has 0 aliphatic rings. The summed E-state index contributed by atoms with van der Waals surface area (Å²) >= 11 is 0. The zero-order valence-electron chi connectivity index (χ0n) is 32.3. The van der Waals surface area contributed by atoms with E-state index in [0.29, 0.717) is 17.5 Å². The topological polar surface area (TPSA) is 56.7 Å². The highest BCUT2D eigenvalue weighted by Crippen LogP contribution is 2.45. The molecule has 3 heterocycles. The highest BCUT2D eigenvalue weighted by Gasteiger charge is 2.22. The number of hydrogen-bond acceptors (Lipinski definition) is 4. The molecular formula is C55H34N4O. The van der Waals surface area contributed by atoms with Crippen molar-refractivity contribution in [2.45, 2.75) is 0 Å². The number of furan rings is 1. The molecule has 0 spiro atoms. The molecular weight excluding hydrogens is 733 g/mol. The van der Waals surface area contributed by atoms with Crippen molar-refractivity contribution in [3.8, 4) is 62.1 Å². The van der Waals surface area contributed by atoms with E-state index < -0.39 is 0 Å². The first-order chi connectivity index (χ1) is 29.8. The third-order valence-electron chi connectivity index (χ3n) is 11.8. The van der Waals surface area contributed by atoms with Crippen molar-refractivity contribution < 1.29 is 4.42 Å². The molecule has 0 amide bonds. The van der Waals surface area contributed by atoms with Gasteiger partial charge in [-0.15, -0.1) is 0 Å². The van der Waals surface area contributed by atoms with E-state index in [2.05, 4.69) is 162 Å². The summed E-state index contributed by atoms with van der Waals surface area (Å²) in [6, 6.07) is 69.1. The SMILES string of the molecule is c1ccc(-c2ccc3c4ccc(-c5ccccc5)cc4n(-c4cccc5c6c(-c7nc(-c8ccccc8)nc(-c8ccoc8)n7)cccc6c6ccccc6c45)c3c2)cc1. The number of hydrogen-bond donors (Lipinski definition) is 0. The van der Waals surface area contributed by atoms with Crippen LogP contribution in [0.4, 0.5) is 0 Å². The molecule has 60 heavy (non-hydrogen) atoms. The molecule has 0 aliphatic heterocycles. The predicted octanol–water partition coefficient (Wildman–Crippen LogP) is 14.4. The smallest absolute Gasteiger partial charge is 0.167 e. The Morgan fingerprint density at radius 3 is 1.48 bits per heavy atom. The van der Waals surface area contributed by atoms with E-state index in [1.54, 1.807) is 12.5 Å². The van der Waals surface area contributed by atoms with E-state index in [9.17, 15) is 0 Å². The second kappa shape index (κ2) is 13.8. The van der Waals surface area contributed by atoms with Gasteiger partial charge in [0.05, 0.1) is 28.5 Å². The molecule has 0 radical (unpaired) electrons. The molecule has 0 aliphatic carbocycles. The second-order valence-electron chi connectivity index (χ2n) is 15.2. The van der Waals surface area contributed by atoms with Gasteiger partial charge in [-0.25, -0.2) is 15.0 Å². The average Bonchev–Trinajstić information content (AvgIpc) is 3.99. The fourth-order valence-electron chi connectivity index (χ4n) is 9.04. The maximum atomic E-state index is 5.51. The molecule has 0 N–H and O–H groups in total. The lowest BCUT2D eigenvalue weighted by molar-refractivity contribution is 0.568. The number of benzene rings is 9. The fourth-order valence-corrected chi connectivity index (χ4v) is 9.04. The van der Waals surface area contributed by atoms with Crippen LogP contribution in [0.5, 0.6) is 0 Å². The molecule has 0 unspecified atom stereocenters. The molecule has 0 fully saturated rings. The Morgan fingerprint density at radius 1 is 0.333 bits per heavy atom. The van der Waals surface area contributed by atoms with Gasteiger partial charge in [0.25, 0.3) is 0 Å². The summed E-state index contributed by atoms with van der Waals surface area (Å²) in [7, 11) is 0. The van der Waals surface area contributed by atoms with Crippen LogP contribution in [0.15, 0.2) is 211 Å². The van der Waals surface area contributed by atoms with Crippen LogP contribution in [0, 0.1) is 0 Å². The third-order valence-corrected chi connectivity index (χ3v) is 11.8. The van der Waals surface area contributed by atoms with Crippen LogP contribution in [0.3, 0.4) is 0 Å². The van der Waals surface area contributed by atoms with Crippen molar-refractivity contribution in [1.82, 2.24) is 19.5 Å². The van der Waals surface area contributed by atoms with Crippen LogP contribution in [-0.2, 0) is 0 Å². The summed E-state index contributed by atoms with van der Waals surface area (Å²) in [5.41, 5.74) is 10.8. The Labute approximate surface area is 345 Å². The zero-order chi connectivity index (χ0) is 39.6. The summed E-state index contributed by atoms with van der Waals surface area (Å²) in [6.45, 7) is 0. The standard InChI is InChI=1S/C55H34N4O/c1-4-14-35(15-5-1)38-26-28-42-43-29-27-39(36-16-6-2-7-17-36)33-50(43)59(49(42)32-38)48-25-13-23-46-51-44(41-20-10-11-21-45(41)52(46)48)22-12-24-47(51)55-57-53(37-18-8-3-9-19-37)56-54(58-55)40-30-31-60-34-40/h1-34H. The summed E-state index contributed by atoms with van der Waals surface area (Å²) in [6.07, 6.45) is 3.34. The maximum Gasteiger partial charge on any atom is 0.167 e. The van der Waals surface area contributed by atoms with Crippen molar-refractivity contribution in [3.05, 3.63) is 207 Å². The van der Waals surface area contributed by atoms with Crippen LogP contribution in [0.1, 0.15) is 0 Å². The van der Waals surface area contributed by atoms with Crippen molar-refractivity contribution >= 4 is 54.1 Å². The van der Waals surface area contributed by atoms with Crippen molar-refractivity contribution in [3.63, 3.8) is 0 Å². The van der Waals surface area contributed by atoms with E-state index in [-0.39, 0.29) is 0 Å². The third kappa shape index (κ3) is 5.44. The second-order valence-corrected chi connectivity index (χ2v) is 15.2. The molecule has 3 aromatic heterocycles. The minimum absolute atomic E-state index is 0.559. The first-order valence-corrected chi connectivity index (χ1v) is 20.2. The fraction of sp³-hybridized carbons (Fsp3) is 0. The average molecular weight is 767 g/mol. The molecule has 0 saturated heterocycles. The van der Waals surface area contributed by atoms with Crippen molar-refractivity contribution in [1.29, 1.82) is 0 Å². The van der Waals surface area contributed by atoms with E-state index in [1.165, 1.54) is 38.4 Å². The normalized spacial score (nSPS) is 11.7. The van der Waals surface area contributed by atoms with Crippen LogP contribution < -0.4 is 0 Å². The van der Waals surface area contributed by atoms with Gasteiger partial charge < -0.3 is 8.98 Å². The Kier molecular flexibility index (Phi) is 7.78. The zero-order valence-corrected chi connectivity index (χ0v) is 32.3. The van der Waals surface area contributed by atoms with E-state index >= 15 is 0 Å². The van der Waals surface area contributed by atoms with Gasteiger partial charge in [0, 0.05) is 32.7 Å². The van der Waals surface area contributed by atoms with Crippen molar-refractivity contribution in [2.75, 3.05) is 0 Å². The van der Waals surface area contributed by atoms with Crippen LogP contribution in [0.25, 0.3) is 116 Å². The molecule has 0 saturated carbocycles.